The fourth-order valence-electron chi connectivity index (χ4n) is 9.48. The number of morpholine rings is 1. The van der Waals surface area contributed by atoms with Crippen molar-refractivity contribution in [2.75, 3.05) is 67.9 Å². The van der Waals surface area contributed by atoms with E-state index in [0.717, 1.165) is 24.0 Å². The molecule has 4 saturated heterocycles. The van der Waals surface area contributed by atoms with E-state index in [1.54, 1.807) is 35.0 Å². The van der Waals surface area contributed by atoms with Crippen LogP contribution in [0.3, 0.4) is 0 Å². The zero-order valence-corrected chi connectivity index (χ0v) is 34.7. The van der Waals surface area contributed by atoms with Gasteiger partial charge < -0.3 is 29.9 Å². The first-order valence-electron chi connectivity index (χ1n) is 21.2. The quantitative estimate of drug-likeness (QED) is 0.169. The minimum absolute atomic E-state index is 0.0569. The Bertz CT molecular complexity index is 2510. The lowest BCUT2D eigenvalue weighted by Crippen LogP contribution is -2.51. The number of urea groups is 1. The number of hydrogen-bond donors (Lipinski definition) is 3. The maximum absolute atomic E-state index is 16.0. The van der Waals surface area contributed by atoms with Crippen LogP contribution in [-0.2, 0) is 9.53 Å². The van der Waals surface area contributed by atoms with E-state index in [4.69, 9.17) is 10.5 Å². The number of aromatic hydroxyl groups is 1. The fourth-order valence-corrected chi connectivity index (χ4v) is 9.48. The van der Waals surface area contributed by atoms with Crippen LogP contribution in [0.4, 0.5) is 30.8 Å². The number of nitrogen functional groups attached to an aromatic ring is 1. The number of piperidine rings is 2. The van der Waals surface area contributed by atoms with Gasteiger partial charge in [0.25, 0.3) is 11.8 Å². The third-order valence-corrected chi connectivity index (χ3v) is 12.7. The van der Waals surface area contributed by atoms with Crippen molar-refractivity contribution in [3.8, 4) is 17.0 Å². The van der Waals surface area contributed by atoms with Gasteiger partial charge in [0, 0.05) is 74.9 Å². The SMILES string of the molecule is Cc1cn([C@H]2CCN(CC3CCN(C(=O)c4ccc([C@@H]5CN(c6cc(-c7ccccc7O)nnc6N)C[C@H](C)O5)cc4)CC3)CC2(F)F)c2ncc(N3CCC(=O)NC3=O)cc12. The Morgan fingerprint density at radius 2 is 1.77 bits per heavy atom. The number of alkyl halides is 2. The summed E-state index contributed by atoms with van der Waals surface area (Å²) in [6.07, 6.45) is 4.70. The summed E-state index contributed by atoms with van der Waals surface area (Å²) >= 11 is 0. The van der Waals surface area contributed by atoms with Gasteiger partial charge in [-0.15, -0.1) is 10.2 Å². The second kappa shape index (κ2) is 16.6. The molecule has 0 spiro atoms. The Kier molecular flexibility index (Phi) is 11.0. The average molecular weight is 849 g/mol. The number of halogens is 2. The molecule has 0 aliphatic carbocycles. The minimum Gasteiger partial charge on any atom is -0.507 e. The van der Waals surface area contributed by atoms with Crippen molar-refractivity contribution >= 4 is 46.1 Å². The van der Waals surface area contributed by atoms with Crippen molar-refractivity contribution in [3.63, 3.8) is 0 Å². The minimum atomic E-state index is -3.01. The van der Waals surface area contributed by atoms with E-state index >= 15 is 8.78 Å². The fraction of sp³-hybridized carbons (Fsp3) is 0.422. The lowest BCUT2D eigenvalue weighted by atomic mass is 9.93. The van der Waals surface area contributed by atoms with E-state index in [-0.39, 0.29) is 67.4 Å². The zero-order chi connectivity index (χ0) is 43.3. The highest BCUT2D eigenvalue weighted by Crippen LogP contribution is 2.41. The molecule has 17 heteroatoms. The molecule has 4 fully saturated rings. The number of amides is 4. The number of anilines is 3. The number of phenols is 1. The van der Waals surface area contributed by atoms with Crippen LogP contribution in [0.1, 0.15) is 66.2 Å². The molecule has 9 rings (SSSR count). The standard InChI is InChI=1S/C45H50F2N10O5/c1-27-22-57(42-34(27)19-32(21-49-42)56-18-14-40(59)50-44(56)61)39-13-15-53(26-45(39,46)47)24-29-11-16-54(17-12-29)43(60)31-9-7-30(8-10-31)38-25-55(23-28(2)62-38)36-20-35(51-52-41(36)48)33-5-3-4-6-37(33)58/h3-10,19-22,28-29,38-39,58H,11-18,23-26H2,1-2H3,(H2,48,52)(H,50,59,61)/t28-,38-,39-/m0/s1. The molecule has 324 valence electrons. The van der Waals surface area contributed by atoms with Gasteiger partial charge in [-0.2, -0.15) is 0 Å². The molecule has 4 amide bonds. The van der Waals surface area contributed by atoms with E-state index in [0.29, 0.717) is 78.5 Å². The normalized spacial score (nSPS) is 22.6. The van der Waals surface area contributed by atoms with Crippen molar-refractivity contribution in [1.82, 2.24) is 34.9 Å². The molecule has 3 aromatic heterocycles. The van der Waals surface area contributed by atoms with Crippen LogP contribution in [0.2, 0.25) is 0 Å². The van der Waals surface area contributed by atoms with Crippen molar-refractivity contribution < 1.29 is 33.0 Å². The maximum Gasteiger partial charge on any atom is 0.328 e. The molecule has 4 N–H and O–H groups in total. The van der Waals surface area contributed by atoms with Gasteiger partial charge in [-0.05, 0) is 86.6 Å². The van der Waals surface area contributed by atoms with Gasteiger partial charge in [0.2, 0.25) is 5.91 Å². The van der Waals surface area contributed by atoms with E-state index in [9.17, 15) is 19.5 Å². The number of hydrogen-bond acceptors (Lipinski definition) is 11. The molecule has 4 aliphatic heterocycles. The first kappa shape index (κ1) is 41.2. The summed E-state index contributed by atoms with van der Waals surface area (Å²) in [4.78, 5) is 49.5. The van der Waals surface area contributed by atoms with E-state index < -0.39 is 18.0 Å². The number of para-hydroxylation sites is 1. The zero-order valence-electron chi connectivity index (χ0n) is 34.7. The summed E-state index contributed by atoms with van der Waals surface area (Å²) < 4.78 is 40.0. The first-order valence-corrected chi connectivity index (χ1v) is 21.2. The van der Waals surface area contributed by atoms with E-state index in [1.165, 1.54) is 11.1 Å². The molecule has 4 aliphatic rings. The number of phenolic OH excluding ortho intramolecular Hbond substituents is 1. The second-order valence-corrected chi connectivity index (χ2v) is 17.1. The summed E-state index contributed by atoms with van der Waals surface area (Å²) in [6.45, 7) is 6.94. The van der Waals surface area contributed by atoms with Gasteiger partial charge in [-0.25, -0.2) is 18.6 Å². The van der Waals surface area contributed by atoms with Gasteiger partial charge in [0.05, 0.1) is 35.9 Å². The number of ether oxygens (including phenoxy) is 1. The molecule has 7 heterocycles. The number of nitrogens with one attached hydrogen (secondary N) is 1. The Balaban J connectivity index is 0.784. The highest BCUT2D eigenvalue weighted by atomic mass is 19.3. The van der Waals surface area contributed by atoms with Crippen molar-refractivity contribution in [1.29, 1.82) is 0 Å². The Hall–Kier alpha value is -6.20. The van der Waals surface area contributed by atoms with Gasteiger partial charge in [-0.1, -0.05) is 24.3 Å². The molecule has 15 nitrogen and oxygen atoms in total. The van der Waals surface area contributed by atoms with E-state index in [2.05, 4.69) is 25.4 Å². The molecule has 62 heavy (non-hydrogen) atoms. The number of rotatable bonds is 8. The summed E-state index contributed by atoms with van der Waals surface area (Å²) in [7, 11) is 0. The molecule has 3 atom stereocenters. The molecule has 5 aromatic rings. The molecule has 0 saturated carbocycles. The molecule has 2 aromatic carbocycles. The highest BCUT2D eigenvalue weighted by molar-refractivity contribution is 6.06. The topological polar surface area (TPSA) is 175 Å². The number of carbonyl (C=O) groups is 3. The number of likely N-dealkylation sites (tertiary alicyclic amines) is 2. The predicted molar refractivity (Wildman–Crippen MR) is 229 cm³/mol. The highest BCUT2D eigenvalue weighted by Gasteiger charge is 2.47. The van der Waals surface area contributed by atoms with Crippen LogP contribution in [0.25, 0.3) is 22.3 Å². The van der Waals surface area contributed by atoms with Crippen molar-refractivity contribution in [3.05, 3.63) is 89.7 Å². The van der Waals surface area contributed by atoms with Crippen LogP contribution in [0, 0.1) is 12.8 Å². The summed E-state index contributed by atoms with van der Waals surface area (Å²) in [5.74, 6) is -2.82. The number of carbonyl (C=O) groups excluding carboxylic acids is 3. The van der Waals surface area contributed by atoms with E-state index in [1.807, 2.05) is 60.0 Å². The number of nitrogens with zero attached hydrogens (tertiary/aromatic N) is 8. The Morgan fingerprint density at radius 1 is 1.00 bits per heavy atom. The number of aryl methyl sites for hydroxylation is 1. The van der Waals surface area contributed by atoms with Gasteiger partial charge in [0.1, 0.15) is 23.5 Å². The number of nitrogens with two attached hydrogens (primary N) is 1. The second-order valence-electron chi connectivity index (χ2n) is 17.1. The van der Waals surface area contributed by atoms with Crippen molar-refractivity contribution in [2.45, 2.75) is 63.7 Å². The number of aromatic nitrogens is 4. The lowest BCUT2D eigenvalue weighted by molar-refractivity contribution is -0.120. The number of benzene rings is 2. The van der Waals surface area contributed by atoms with Gasteiger partial charge in [-0.3, -0.25) is 24.7 Å². The monoisotopic (exact) mass is 848 g/mol. The predicted octanol–water partition coefficient (Wildman–Crippen LogP) is 5.94. The number of pyridine rings is 1. The smallest absolute Gasteiger partial charge is 0.328 e. The molecular weight excluding hydrogens is 799 g/mol. The molecular formula is C45H50F2N10O5. The summed E-state index contributed by atoms with van der Waals surface area (Å²) in [5.41, 5.74) is 11.3. The first-order chi connectivity index (χ1) is 29.8. The largest absolute Gasteiger partial charge is 0.507 e. The van der Waals surface area contributed by atoms with Gasteiger partial charge in [0.15, 0.2) is 5.82 Å². The Morgan fingerprint density at radius 3 is 2.52 bits per heavy atom. The number of imide groups is 1. The maximum atomic E-state index is 16.0. The number of fused-ring (bicyclic) bond motifs is 1. The molecule has 0 bridgehead atoms. The van der Waals surface area contributed by atoms with Crippen molar-refractivity contribution in [2.24, 2.45) is 5.92 Å². The Labute approximate surface area is 357 Å². The van der Waals surface area contributed by atoms with Gasteiger partial charge >= 0.3 is 6.03 Å². The van der Waals surface area contributed by atoms with Crippen LogP contribution in [0.15, 0.2) is 73.1 Å². The summed E-state index contributed by atoms with van der Waals surface area (Å²) in [5, 5.41) is 21.8. The van der Waals surface area contributed by atoms with Crippen LogP contribution in [0.5, 0.6) is 5.75 Å². The summed E-state index contributed by atoms with van der Waals surface area (Å²) in [6, 6.07) is 16.5. The van der Waals surface area contributed by atoms with Crippen LogP contribution >= 0.6 is 0 Å². The van der Waals surface area contributed by atoms with Crippen LogP contribution < -0.4 is 20.9 Å². The molecule has 0 radical (unpaired) electrons. The molecule has 0 unspecified atom stereocenters. The lowest BCUT2D eigenvalue weighted by Gasteiger charge is -2.41. The third-order valence-electron chi connectivity index (χ3n) is 12.7. The third kappa shape index (κ3) is 8.13. The van der Waals surface area contributed by atoms with Crippen LogP contribution in [-0.4, -0.2) is 117 Å². The average Bonchev–Trinajstić information content (AvgIpc) is 3.58.